The minimum atomic E-state index is -0.852. The van der Waals surface area contributed by atoms with Gasteiger partial charge in [-0.15, -0.1) is 0 Å². The van der Waals surface area contributed by atoms with Gasteiger partial charge in [-0.3, -0.25) is 4.79 Å². The topological polar surface area (TPSA) is 89.1 Å². The molecule has 0 atom stereocenters. The van der Waals surface area contributed by atoms with Gasteiger partial charge in [-0.2, -0.15) is 0 Å². The molecule has 3 N–H and O–H groups in total. The van der Waals surface area contributed by atoms with Gasteiger partial charge in [0, 0.05) is 18.3 Å². The molecule has 1 aromatic heterocycles. The van der Waals surface area contributed by atoms with Crippen LogP contribution in [0.2, 0.25) is 0 Å². The van der Waals surface area contributed by atoms with E-state index in [0.717, 1.165) is 0 Å². The first-order chi connectivity index (χ1) is 6.42. The summed E-state index contributed by atoms with van der Waals surface area (Å²) in [6.45, 7) is 3.29. The molecule has 0 saturated carbocycles. The third kappa shape index (κ3) is 2.42. The van der Waals surface area contributed by atoms with E-state index < -0.39 is 11.4 Å². The highest BCUT2D eigenvalue weighted by atomic mass is 16.4. The number of carboxylic acids is 1. The van der Waals surface area contributed by atoms with Gasteiger partial charge < -0.3 is 10.8 Å². The highest BCUT2D eigenvalue weighted by Gasteiger charge is 2.27. The Morgan fingerprint density at radius 1 is 1.64 bits per heavy atom. The Hall–Kier alpha value is -1.65. The van der Waals surface area contributed by atoms with Crippen molar-refractivity contribution in [1.29, 1.82) is 0 Å². The molecule has 0 aliphatic rings. The second-order valence-corrected chi connectivity index (χ2v) is 3.77. The van der Waals surface area contributed by atoms with E-state index in [2.05, 4.69) is 9.97 Å². The standard InChI is InChI=1S/C9H13N3O2/c1-9(2,7(13)14)5-6-3-4-11-8(10)12-6/h3-4H,5H2,1-2H3,(H,13,14)(H2,10,11,12). The Balaban J connectivity index is 2.83. The molecule has 76 valence electrons. The average Bonchev–Trinajstić information content (AvgIpc) is 2.02. The van der Waals surface area contributed by atoms with Crippen molar-refractivity contribution in [3.63, 3.8) is 0 Å². The Kier molecular flexibility index (Phi) is 2.69. The zero-order valence-corrected chi connectivity index (χ0v) is 8.19. The molecule has 0 saturated heterocycles. The lowest BCUT2D eigenvalue weighted by Crippen LogP contribution is -2.26. The van der Waals surface area contributed by atoms with Crippen LogP contribution in [0, 0.1) is 5.41 Å². The molecule has 14 heavy (non-hydrogen) atoms. The minimum Gasteiger partial charge on any atom is -0.481 e. The maximum absolute atomic E-state index is 10.8. The number of hydrogen-bond acceptors (Lipinski definition) is 4. The molecule has 1 aromatic rings. The molecule has 0 aromatic carbocycles. The van der Waals surface area contributed by atoms with Crippen LogP contribution in [0.5, 0.6) is 0 Å². The van der Waals surface area contributed by atoms with Crippen LogP contribution in [0.4, 0.5) is 5.95 Å². The van der Waals surface area contributed by atoms with E-state index in [1.807, 2.05) is 0 Å². The number of carbonyl (C=O) groups is 1. The van der Waals surface area contributed by atoms with Gasteiger partial charge in [0.2, 0.25) is 5.95 Å². The van der Waals surface area contributed by atoms with Crippen molar-refractivity contribution in [2.75, 3.05) is 5.73 Å². The number of nitrogens with two attached hydrogens (primary N) is 1. The fraction of sp³-hybridized carbons (Fsp3) is 0.444. The zero-order chi connectivity index (χ0) is 10.8. The Labute approximate surface area is 82.0 Å². The van der Waals surface area contributed by atoms with Gasteiger partial charge in [0.1, 0.15) is 0 Å². The van der Waals surface area contributed by atoms with Crippen LogP contribution >= 0.6 is 0 Å². The van der Waals surface area contributed by atoms with Gasteiger partial charge in [-0.25, -0.2) is 9.97 Å². The summed E-state index contributed by atoms with van der Waals surface area (Å²) in [6, 6.07) is 1.67. The summed E-state index contributed by atoms with van der Waals surface area (Å²) in [5, 5.41) is 8.90. The number of aromatic nitrogens is 2. The van der Waals surface area contributed by atoms with Crippen LogP contribution in [0.3, 0.4) is 0 Å². The summed E-state index contributed by atoms with van der Waals surface area (Å²) in [7, 11) is 0. The lowest BCUT2D eigenvalue weighted by atomic mass is 9.88. The van der Waals surface area contributed by atoms with Crippen molar-refractivity contribution < 1.29 is 9.90 Å². The van der Waals surface area contributed by atoms with Gasteiger partial charge in [0.25, 0.3) is 0 Å². The van der Waals surface area contributed by atoms with Crippen molar-refractivity contribution in [1.82, 2.24) is 9.97 Å². The van der Waals surface area contributed by atoms with Gasteiger partial charge in [-0.1, -0.05) is 0 Å². The number of nitrogen functional groups attached to an aromatic ring is 1. The zero-order valence-electron chi connectivity index (χ0n) is 8.19. The molecule has 5 heteroatoms. The first kappa shape index (κ1) is 10.4. The Bertz CT molecular complexity index is 350. The summed E-state index contributed by atoms with van der Waals surface area (Å²) < 4.78 is 0. The Morgan fingerprint density at radius 2 is 2.29 bits per heavy atom. The van der Waals surface area contributed by atoms with E-state index in [1.54, 1.807) is 19.9 Å². The average molecular weight is 195 g/mol. The van der Waals surface area contributed by atoms with E-state index in [0.29, 0.717) is 12.1 Å². The Morgan fingerprint density at radius 3 is 2.79 bits per heavy atom. The normalized spacial score (nSPS) is 11.3. The lowest BCUT2D eigenvalue weighted by molar-refractivity contribution is -0.146. The largest absolute Gasteiger partial charge is 0.481 e. The van der Waals surface area contributed by atoms with E-state index in [9.17, 15) is 4.79 Å². The van der Waals surface area contributed by atoms with Crippen LogP contribution < -0.4 is 5.73 Å². The SMILES string of the molecule is CC(C)(Cc1ccnc(N)n1)C(=O)O. The third-order valence-corrected chi connectivity index (χ3v) is 1.93. The van der Waals surface area contributed by atoms with Gasteiger partial charge >= 0.3 is 5.97 Å². The molecule has 5 nitrogen and oxygen atoms in total. The number of carboxylic acid groups (broad SMARTS) is 1. The number of aliphatic carboxylic acids is 1. The maximum atomic E-state index is 10.8. The molecule has 0 radical (unpaired) electrons. The van der Waals surface area contributed by atoms with Crippen molar-refractivity contribution in [3.8, 4) is 0 Å². The first-order valence-corrected chi connectivity index (χ1v) is 4.22. The third-order valence-electron chi connectivity index (χ3n) is 1.93. The quantitative estimate of drug-likeness (QED) is 0.741. The van der Waals surface area contributed by atoms with Crippen molar-refractivity contribution in [2.45, 2.75) is 20.3 Å². The molecular weight excluding hydrogens is 182 g/mol. The minimum absolute atomic E-state index is 0.170. The van der Waals surface area contributed by atoms with Gasteiger partial charge in [-0.05, 0) is 19.9 Å². The van der Waals surface area contributed by atoms with E-state index in [-0.39, 0.29) is 5.95 Å². The smallest absolute Gasteiger partial charge is 0.309 e. The summed E-state index contributed by atoms with van der Waals surface area (Å²) in [5.74, 6) is -0.682. The molecule has 0 aliphatic carbocycles. The lowest BCUT2D eigenvalue weighted by Gasteiger charge is -2.17. The molecule has 0 bridgehead atoms. The summed E-state index contributed by atoms with van der Waals surface area (Å²) in [4.78, 5) is 18.5. The number of anilines is 1. The monoisotopic (exact) mass is 195 g/mol. The molecular formula is C9H13N3O2. The predicted molar refractivity (Wildman–Crippen MR) is 51.6 cm³/mol. The van der Waals surface area contributed by atoms with Crippen LogP contribution in [-0.2, 0) is 11.2 Å². The molecule has 0 unspecified atom stereocenters. The van der Waals surface area contributed by atoms with Crippen molar-refractivity contribution >= 4 is 11.9 Å². The van der Waals surface area contributed by atoms with Crippen LogP contribution in [0.1, 0.15) is 19.5 Å². The van der Waals surface area contributed by atoms with Crippen LogP contribution in [-0.4, -0.2) is 21.0 Å². The summed E-state index contributed by atoms with van der Waals surface area (Å²) in [5.41, 5.74) is 5.19. The number of hydrogen-bond donors (Lipinski definition) is 2. The summed E-state index contributed by atoms with van der Waals surface area (Å²) in [6.07, 6.45) is 1.87. The van der Waals surface area contributed by atoms with Crippen molar-refractivity contribution in [2.24, 2.45) is 5.41 Å². The second kappa shape index (κ2) is 3.61. The highest BCUT2D eigenvalue weighted by molar-refractivity contribution is 5.73. The molecule has 0 fully saturated rings. The van der Waals surface area contributed by atoms with E-state index >= 15 is 0 Å². The molecule has 1 heterocycles. The number of nitrogens with zero attached hydrogens (tertiary/aromatic N) is 2. The van der Waals surface area contributed by atoms with E-state index in [1.165, 1.54) is 6.20 Å². The summed E-state index contributed by atoms with van der Waals surface area (Å²) >= 11 is 0. The molecule has 0 amide bonds. The van der Waals surface area contributed by atoms with E-state index in [4.69, 9.17) is 10.8 Å². The van der Waals surface area contributed by atoms with Crippen molar-refractivity contribution in [3.05, 3.63) is 18.0 Å². The van der Waals surface area contributed by atoms with Gasteiger partial charge in [0.05, 0.1) is 5.41 Å². The predicted octanol–water partition coefficient (Wildman–Crippen LogP) is 0.712. The maximum Gasteiger partial charge on any atom is 0.309 e. The highest BCUT2D eigenvalue weighted by Crippen LogP contribution is 2.20. The second-order valence-electron chi connectivity index (χ2n) is 3.77. The van der Waals surface area contributed by atoms with Crippen LogP contribution in [0.15, 0.2) is 12.3 Å². The fourth-order valence-corrected chi connectivity index (χ4v) is 1.04. The molecule has 1 rings (SSSR count). The fourth-order valence-electron chi connectivity index (χ4n) is 1.04. The number of rotatable bonds is 3. The molecule has 0 aliphatic heterocycles. The van der Waals surface area contributed by atoms with Gasteiger partial charge in [0.15, 0.2) is 0 Å². The molecule has 0 spiro atoms. The van der Waals surface area contributed by atoms with Crippen LogP contribution in [0.25, 0.3) is 0 Å². The first-order valence-electron chi connectivity index (χ1n) is 4.22.